The van der Waals surface area contributed by atoms with E-state index in [1.807, 2.05) is 24.3 Å². The molecule has 1 aromatic heterocycles. The van der Waals surface area contributed by atoms with Gasteiger partial charge in [-0.15, -0.1) is 0 Å². The number of aromatic nitrogens is 2. The molecule has 1 unspecified atom stereocenters. The molecule has 0 saturated carbocycles. The molecule has 0 aliphatic heterocycles. The monoisotopic (exact) mass is 272 g/mol. The lowest BCUT2D eigenvalue weighted by molar-refractivity contribution is 0.158. The topological polar surface area (TPSA) is 46.0 Å². The van der Waals surface area contributed by atoms with Crippen molar-refractivity contribution < 1.29 is 5.11 Å². The highest BCUT2D eigenvalue weighted by atomic mass is 16.3. The van der Waals surface area contributed by atoms with Crippen LogP contribution in [0.5, 0.6) is 0 Å². The van der Waals surface area contributed by atoms with Crippen LogP contribution < -0.4 is 0 Å². The number of hydrogen-bond acceptors (Lipinski definition) is 3. The third-order valence-electron chi connectivity index (χ3n) is 3.64. The third-order valence-corrected chi connectivity index (χ3v) is 3.64. The Morgan fingerprint density at radius 3 is 2.50 bits per heavy atom. The van der Waals surface area contributed by atoms with Crippen molar-refractivity contribution in [3.63, 3.8) is 0 Å². The molecule has 3 heteroatoms. The molecule has 0 fully saturated rings. The number of aliphatic hydroxyl groups is 1. The van der Waals surface area contributed by atoms with E-state index in [-0.39, 0.29) is 0 Å². The van der Waals surface area contributed by atoms with Gasteiger partial charge in [-0.3, -0.25) is 4.98 Å². The molecule has 0 aliphatic rings. The summed E-state index contributed by atoms with van der Waals surface area (Å²) >= 11 is 0. The first-order chi connectivity index (χ1) is 9.81. The molecule has 0 spiro atoms. The number of rotatable bonds is 8. The van der Waals surface area contributed by atoms with Crippen LogP contribution in [0.25, 0.3) is 11.0 Å². The molecule has 1 N–H and O–H groups in total. The average Bonchev–Trinajstić information content (AvgIpc) is 2.50. The van der Waals surface area contributed by atoms with Gasteiger partial charge in [0.25, 0.3) is 0 Å². The van der Waals surface area contributed by atoms with E-state index in [9.17, 15) is 5.11 Å². The summed E-state index contributed by atoms with van der Waals surface area (Å²) in [5.41, 5.74) is 2.42. The molecule has 3 nitrogen and oxygen atoms in total. The summed E-state index contributed by atoms with van der Waals surface area (Å²) in [4.78, 5) is 8.84. The van der Waals surface area contributed by atoms with Gasteiger partial charge in [-0.1, -0.05) is 57.6 Å². The highest BCUT2D eigenvalue weighted by Gasteiger charge is 2.10. The molecule has 0 saturated heterocycles. The zero-order chi connectivity index (χ0) is 14.2. The van der Waals surface area contributed by atoms with Crippen molar-refractivity contribution in [1.82, 2.24) is 9.97 Å². The first-order valence-electron chi connectivity index (χ1n) is 7.71. The van der Waals surface area contributed by atoms with Crippen molar-refractivity contribution in [2.45, 2.75) is 58.0 Å². The van der Waals surface area contributed by atoms with Gasteiger partial charge in [-0.2, -0.15) is 0 Å². The Labute approximate surface area is 121 Å². The second-order valence-electron chi connectivity index (χ2n) is 5.36. The maximum absolute atomic E-state index is 10.2. The Morgan fingerprint density at radius 2 is 1.70 bits per heavy atom. The van der Waals surface area contributed by atoms with Gasteiger partial charge in [0.15, 0.2) is 0 Å². The molecule has 1 heterocycles. The first-order valence-corrected chi connectivity index (χ1v) is 7.71. The minimum atomic E-state index is -0.488. The van der Waals surface area contributed by atoms with Crippen LogP contribution in [0, 0.1) is 0 Å². The number of nitrogens with zero attached hydrogens (tertiary/aromatic N) is 2. The molecule has 0 aliphatic carbocycles. The fourth-order valence-electron chi connectivity index (χ4n) is 2.40. The fraction of sp³-hybridized carbons (Fsp3) is 0.529. The second kappa shape index (κ2) is 7.95. The van der Waals surface area contributed by atoms with Crippen LogP contribution in [-0.4, -0.2) is 15.1 Å². The number of fused-ring (bicyclic) bond motifs is 1. The van der Waals surface area contributed by atoms with Crippen molar-refractivity contribution in [1.29, 1.82) is 0 Å². The van der Waals surface area contributed by atoms with Crippen LogP contribution in [0.15, 0.2) is 30.5 Å². The van der Waals surface area contributed by atoms with Gasteiger partial charge in [-0.25, -0.2) is 4.98 Å². The van der Waals surface area contributed by atoms with Gasteiger partial charge in [0.05, 0.1) is 29.0 Å². The van der Waals surface area contributed by atoms with Crippen LogP contribution in [0.4, 0.5) is 0 Å². The Morgan fingerprint density at radius 1 is 1.00 bits per heavy atom. The lowest BCUT2D eigenvalue weighted by Crippen LogP contribution is -2.02. The highest BCUT2D eigenvalue weighted by Crippen LogP contribution is 2.20. The van der Waals surface area contributed by atoms with Crippen LogP contribution in [-0.2, 0) is 0 Å². The van der Waals surface area contributed by atoms with Crippen LogP contribution in [0.1, 0.15) is 63.7 Å². The van der Waals surface area contributed by atoms with Gasteiger partial charge in [-0.05, 0) is 18.6 Å². The Kier molecular flexibility index (Phi) is 5.93. The van der Waals surface area contributed by atoms with E-state index in [0.29, 0.717) is 5.69 Å². The zero-order valence-electron chi connectivity index (χ0n) is 12.3. The van der Waals surface area contributed by atoms with Gasteiger partial charge >= 0.3 is 0 Å². The van der Waals surface area contributed by atoms with Gasteiger partial charge in [0.2, 0.25) is 0 Å². The maximum atomic E-state index is 10.2. The van der Waals surface area contributed by atoms with Gasteiger partial charge in [0, 0.05) is 0 Å². The molecule has 2 aromatic rings. The molecule has 1 aromatic carbocycles. The minimum absolute atomic E-state index is 0.488. The molecule has 0 bridgehead atoms. The number of para-hydroxylation sites is 2. The molecule has 2 rings (SSSR count). The Balaban J connectivity index is 1.83. The average molecular weight is 272 g/mol. The molecule has 0 radical (unpaired) electrons. The fourth-order valence-corrected chi connectivity index (χ4v) is 2.40. The minimum Gasteiger partial charge on any atom is -0.387 e. The highest BCUT2D eigenvalue weighted by molar-refractivity contribution is 5.73. The van der Waals surface area contributed by atoms with Crippen molar-refractivity contribution in [2.24, 2.45) is 0 Å². The standard InChI is InChI=1S/C17H24N2O/c1-2-3-4-5-6-7-12-17(20)16-13-18-14-10-8-9-11-15(14)19-16/h8-11,13,17,20H,2-7,12H2,1H3. The Bertz CT molecular complexity index is 527. The van der Waals surface area contributed by atoms with E-state index in [2.05, 4.69) is 16.9 Å². The summed E-state index contributed by atoms with van der Waals surface area (Å²) in [6, 6.07) is 7.76. The quantitative estimate of drug-likeness (QED) is 0.724. The van der Waals surface area contributed by atoms with Crippen LogP contribution in [0.2, 0.25) is 0 Å². The lowest BCUT2D eigenvalue weighted by Gasteiger charge is -2.10. The summed E-state index contributed by atoms with van der Waals surface area (Å²) < 4.78 is 0. The summed E-state index contributed by atoms with van der Waals surface area (Å²) in [7, 11) is 0. The molecule has 20 heavy (non-hydrogen) atoms. The van der Waals surface area contributed by atoms with Gasteiger partial charge in [0.1, 0.15) is 0 Å². The summed E-state index contributed by atoms with van der Waals surface area (Å²) in [6.45, 7) is 2.22. The number of unbranched alkanes of at least 4 members (excludes halogenated alkanes) is 5. The maximum Gasteiger partial charge on any atom is 0.0975 e. The zero-order valence-corrected chi connectivity index (χ0v) is 12.3. The number of hydrogen-bond donors (Lipinski definition) is 1. The number of benzene rings is 1. The third kappa shape index (κ3) is 4.27. The molecular formula is C17H24N2O. The predicted molar refractivity (Wildman–Crippen MR) is 82.5 cm³/mol. The number of aliphatic hydroxyl groups excluding tert-OH is 1. The van der Waals surface area contributed by atoms with Crippen molar-refractivity contribution in [3.05, 3.63) is 36.2 Å². The lowest BCUT2D eigenvalue weighted by atomic mass is 10.1. The van der Waals surface area contributed by atoms with Crippen molar-refractivity contribution in [2.75, 3.05) is 0 Å². The largest absolute Gasteiger partial charge is 0.387 e. The van der Waals surface area contributed by atoms with E-state index < -0.39 is 6.10 Å². The molecule has 1 atom stereocenters. The van der Waals surface area contributed by atoms with E-state index in [0.717, 1.165) is 23.9 Å². The first kappa shape index (κ1) is 14.9. The summed E-state index contributed by atoms with van der Waals surface area (Å²) in [5.74, 6) is 0. The summed E-state index contributed by atoms with van der Waals surface area (Å²) in [5, 5.41) is 10.2. The normalized spacial score (nSPS) is 12.7. The van der Waals surface area contributed by atoms with E-state index in [1.54, 1.807) is 6.20 Å². The molecule has 0 amide bonds. The van der Waals surface area contributed by atoms with Gasteiger partial charge < -0.3 is 5.11 Å². The second-order valence-corrected chi connectivity index (χ2v) is 5.36. The smallest absolute Gasteiger partial charge is 0.0975 e. The van der Waals surface area contributed by atoms with Crippen molar-refractivity contribution in [3.8, 4) is 0 Å². The Hall–Kier alpha value is -1.48. The van der Waals surface area contributed by atoms with E-state index in [4.69, 9.17) is 0 Å². The predicted octanol–water partition coefficient (Wildman–Crippen LogP) is 4.41. The SMILES string of the molecule is CCCCCCCCC(O)c1cnc2ccccc2n1. The molecule has 108 valence electrons. The van der Waals surface area contributed by atoms with Crippen LogP contribution >= 0.6 is 0 Å². The van der Waals surface area contributed by atoms with E-state index >= 15 is 0 Å². The van der Waals surface area contributed by atoms with E-state index in [1.165, 1.54) is 32.1 Å². The summed E-state index contributed by atoms with van der Waals surface area (Å²) in [6.07, 6.45) is 9.40. The van der Waals surface area contributed by atoms with Crippen LogP contribution in [0.3, 0.4) is 0 Å². The van der Waals surface area contributed by atoms with Crippen molar-refractivity contribution >= 4 is 11.0 Å². The molecular weight excluding hydrogens is 248 g/mol.